The highest BCUT2D eigenvalue weighted by atomic mass is 35.5. The number of ketones is 1. The van der Waals surface area contributed by atoms with Crippen LogP contribution in [0.3, 0.4) is 0 Å². The third-order valence-corrected chi connectivity index (χ3v) is 4.95. The molecule has 1 aliphatic heterocycles. The second-order valence-electron chi connectivity index (χ2n) is 6.61. The number of carbonyl (C=O) groups is 1. The number of nitrogens with zero attached hydrogens (tertiary/aromatic N) is 2. The number of hydrogen-bond acceptors (Lipinski definition) is 3. The predicted molar refractivity (Wildman–Crippen MR) is 115 cm³/mol. The van der Waals surface area contributed by atoms with E-state index < -0.39 is 0 Å². The summed E-state index contributed by atoms with van der Waals surface area (Å²) in [7, 11) is 0. The molecule has 0 amide bonds. The van der Waals surface area contributed by atoms with Crippen LogP contribution in [0.2, 0.25) is 5.02 Å². The lowest BCUT2D eigenvalue weighted by Crippen LogP contribution is -2.18. The van der Waals surface area contributed by atoms with Gasteiger partial charge in [-0.05, 0) is 54.1 Å². The Labute approximate surface area is 169 Å². The number of hydrogen-bond donors (Lipinski definition) is 0. The second-order valence-corrected chi connectivity index (χ2v) is 7.04. The lowest BCUT2D eigenvalue weighted by molar-refractivity contribution is 0.104. The zero-order valence-corrected chi connectivity index (χ0v) is 16.0. The molecule has 0 aromatic heterocycles. The standard InChI is InChI=1S/C24H19ClN2O/c25-20-13-11-19(12-14-20)24(28)16-15-21-17-23(18-7-3-1-4-8-18)27(26-21)22-9-5-2-6-10-22/h1-16,23H,17H2/b16-15+. The first-order valence-corrected chi connectivity index (χ1v) is 9.53. The van der Waals surface area contributed by atoms with Gasteiger partial charge in [-0.2, -0.15) is 5.10 Å². The topological polar surface area (TPSA) is 32.7 Å². The van der Waals surface area contributed by atoms with E-state index >= 15 is 0 Å². The maximum atomic E-state index is 12.4. The van der Waals surface area contributed by atoms with Gasteiger partial charge in [0, 0.05) is 17.0 Å². The fraction of sp³-hybridized carbons (Fsp3) is 0.0833. The monoisotopic (exact) mass is 386 g/mol. The summed E-state index contributed by atoms with van der Waals surface area (Å²) >= 11 is 5.89. The Morgan fingerprint density at radius 2 is 1.57 bits per heavy atom. The summed E-state index contributed by atoms with van der Waals surface area (Å²) in [5.41, 5.74) is 3.71. The average molecular weight is 387 g/mol. The predicted octanol–water partition coefficient (Wildman–Crippen LogP) is 6.09. The van der Waals surface area contributed by atoms with Gasteiger partial charge in [-0.1, -0.05) is 60.1 Å². The van der Waals surface area contributed by atoms with Crippen molar-refractivity contribution in [2.24, 2.45) is 5.10 Å². The number of allylic oxidation sites excluding steroid dienone is 2. The maximum Gasteiger partial charge on any atom is 0.185 e. The van der Waals surface area contributed by atoms with Crippen LogP contribution in [0.5, 0.6) is 0 Å². The van der Waals surface area contributed by atoms with E-state index in [0.29, 0.717) is 10.6 Å². The molecule has 4 heteroatoms. The average Bonchev–Trinajstić information content (AvgIpc) is 3.18. The van der Waals surface area contributed by atoms with Crippen molar-refractivity contribution in [2.45, 2.75) is 12.5 Å². The van der Waals surface area contributed by atoms with Gasteiger partial charge in [0.2, 0.25) is 0 Å². The SMILES string of the molecule is O=C(/C=C/C1=NN(c2ccccc2)C(c2ccccc2)C1)c1ccc(Cl)cc1. The van der Waals surface area contributed by atoms with E-state index in [1.807, 2.05) is 59.6 Å². The molecular weight excluding hydrogens is 368 g/mol. The molecule has 0 saturated carbocycles. The Hall–Kier alpha value is -3.17. The zero-order valence-electron chi connectivity index (χ0n) is 15.2. The van der Waals surface area contributed by atoms with E-state index in [9.17, 15) is 4.79 Å². The van der Waals surface area contributed by atoms with Gasteiger partial charge >= 0.3 is 0 Å². The van der Waals surface area contributed by atoms with Gasteiger partial charge in [0.1, 0.15) is 0 Å². The third-order valence-electron chi connectivity index (χ3n) is 4.69. The summed E-state index contributed by atoms with van der Waals surface area (Å²) in [6, 6.07) is 27.4. The van der Waals surface area contributed by atoms with Crippen LogP contribution in [0.15, 0.2) is 102 Å². The summed E-state index contributed by atoms with van der Waals surface area (Å²) in [6.07, 6.45) is 4.14. The molecule has 3 aromatic carbocycles. The molecule has 0 bridgehead atoms. The number of benzene rings is 3. The number of anilines is 1. The van der Waals surface area contributed by atoms with Crippen molar-refractivity contribution in [3.05, 3.63) is 113 Å². The van der Waals surface area contributed by atoms with E-state index in [0.717, 1.165) is 17.8 Å². The molecule has 1 atom stereocenters. The summed E-state index contributed by atoms with van der Waals surface area (Å²) < 4.78 is 0. The van der Waals surface area contributed by atoms with Gasteiger partial charge in [0.05, 0.1) is 17.4 Å². The maximum absolute atomic E-state index is 12.4. The number of hydrazone groups is 1. The zero-order chi connectivity index (χ0) is 19.3. The molecule has 1 unspecified atom stereocenters. The van der Waals surface area contributed by atoms with Gasteiger partial charge in [0.25, 0.3) is 0 Å². The van der Waals surface area contributed by atoms with Gasteiger partial charge in [0.15, 0.2) is 5.78 Å². The fourth-order valence-electron chi connectivity index (χ4n) is 3.27. The first-order valence-electron chi connectivity index (χ1n) is 9.15. The molecule has 4 rings (SSSR count). The minimum atomic E-state index is -0.0613. The van der Waals surface area contributed by atoms with Crippen molar-refractivity contribution in [1.82, 2.24) is 0 Å². The molecule has 28 heavy (non-hydrogen) atoms. The summed E-state index contributed by atoms with van der Waals surface area (Å²) in [4.78, 5) is 12.4. The third kappa shape index (κ3) is 4.05. The van der Waals surface area contributed by atoms with Crippen molar-refractivity contribution in [1.29, 1.82) is 0 Å². The molecule has 0 N–H and O–H groups in total. The van der Waals surface area contributed by atoms with Gasteiger partial charge < -0.3 is 0 Å². The van der Waals surface area contributed by atoms with Crippen molar-refractivity contribution in [3.8, 4) is 0 Å². The highest BCUT2D eigenvalue weighted by Crippen LogP contribution is 2.35. The number of para-hydroxylation sites is 1. The van der Waals surface area contributed by atoms with Gasteiger partial charge in [-0.3, -0.25) is 9.80 Å². The van der Waals surface area contributed by atoms with Crippen molar-refractivity contribution in [3.63, 3.8) is 0 Å². The fourth-order valence-corrected chi connectivity index (χ4v) is 3.40. The molecule has 3 nitrogen and oxygen atoms in total. The first kappa shape index (κ1) is 18.2. The lowest BCUT2D eigenvalue weighted by Gasteiger charge is -2.23. The molecule has 3 aromatic rings. The quantitative estimate of drug-likeness (QED) is 0.393. The second kappa shape index (κ2) is 8.24. The van der Waals surface area contributed by atoms with E-state index in [1.165, 1.54) is 5.56 Å². The van der Waals surface area contributed by atoms with Crippen LogP contribution in [0, 0.1) is 0 Å². The molecule has 138 valence electrons. The van der Waals surface area contributed by atoms with E-state index in [2.05, 4.69) is 12.1 Å². The molecule has 0 fully saturated rings. The Morgan fingerprint density at radius 1 is 0.929 bits per heavy atom. The van der Waals surface area contributed by atoms with Crippen LogP contribution in [0.1, 0.15) is 28.4 Å². The Kier molecular flexibility index (Phi) is 5.36. The highest BCUT2D eigenvalue weighted by molar-refractivity contribution is 6.30. The first-order chi connectivity index (χ1) is 13.7. The Balaban J connectivity index is 1.59. The van der Waals surface area contributed by atoms with E-state index in [-0.39, 0.29) is 11.8 Å². The summed E-state index contributed by atoms with van der Waals surface area (Å²) in [5, 5.41) is 7.43. The smallest absolute Gasteiger partial charge is 0.185 e. The van der Waals surface area contributed by atoms with Gasteiger partial charge in [-0.15, -0.1) is 0 Å². The minimum absolute atomic E-state index is 0.0613. The molecule has 0 aliphatic carbocycles. The van der Waals surface area contributed by atoms with Crippen LogP contribution in [-0.2, 0) is 0 Å². The van der Waals surface area contributed by atoms with Crippen LogP contribution in [0.25, 0.3) is 0 Å². The van der Waals surface area contributed by atoms with Crippen LogP contribution in [-0.4, -0.2) is 11.5 Å². The Morgan fingerprint density at radius 3 is 2.25 bits per heavy atom. The van der Waals surface area contributed by atoms with Gasteiger partial charge in [-0.25, -0.2) is 0 Å². The minimum Gasteiger partial charge on any atom is -0.289 e. The molecule has 0 spiro atoms. The number of halogens is 1. The Bertz CT molecular complexity index is 1010. The largest absolute Gasteiger partial charge is 0.289 e. The van der Waals surface area contributed by atoms with Crippen molar-refractivity contribution >= 4 is 28.8 Å². The molecule has 1 aliphatic rings. The van der Waals surface area contributed by atoms with Crippen molar-refractivity contribution in [2.75, 3.05) is 5.01 Å². The molecule has 1 heterocycles. The lowest BCUT2D eigenvalue weighted by atomic mass is 10.0. The summed E-state index contributed by atoms with van der Waals surface area (Å²) in [6.45, 7) is 0. The summed E-state index contributed by atoms with van der Waals surface area (Å²) in [5.74, 6) is -0.0613. The van der Waals surface area contributed by atoms with Crippen LogP contribution < -0.4 is 5.01 Å². The normalized spacial score (nSPS) is 16.4. The molecular formula is C24H19ClN2O. The number of rotatable bonds is 5. The van der Waals surface area contributed by atoms with Crippen LogP contribution in [0.4, 0.5) is 5.69 Å². The molecule has 0 radical (unpaired) electrons. The van der Waals surface area contributed by atoms with E-state index in [1.54, 1.807) is 30.3 Å². The highest BCUT2D eigenvalue weighted by Gasteiger charge is 2.28. The molecule has 0 saturated heterocycles. The van der Waals surface area contributed by atoms with E-state index in [4.69, 9.17) is 16.7 Å². The number of carbonyl (C=O) groups excluding carboxylic acids is 1. The van der Waals surface area contributed by atoms with Crippen LogP contribution >= 0.6 is 11.6 Å². The van der Waals surface area contributed by atoms with Crippen molar-refractivity contribution < 1.29 is 4.79 Å².